The van der Waals surface area contributed by atoms with Crippen molar-refractivity contribution in [3.8, 4) is 0 Å². The average molecular weight is 829 g/mol. The van der Waals surface area contributed by atoms with Crippen molar-refractivity contribution in [1.82, 2.24) is 31.9 Å². The Bertz CT molecular complexity index is 1320. The zero-order valence-corrected chi connectivity index (χ0v) is 35.9. The Morgan fingerprint density at radius 1 is 0.707 bits per heavy atom. The third-order valence-corrected chi connectivity index (χ3v) is 9.50. The minimum Gasteiger partial charge on any atom is -0.481 e. The van der Waals surface area contributed by atoms with Crippen LogP contribution in [0.1, 0.15) is 114 Å². The number of aliphatic hydroxyl groups excluding tert-OH is 2. The third kappa shape index (κ3) is 23.5. The summed E-state index contributed by atoms with van der Waals surface area (Å²) >= 11 is 0. The molecule has 18 heteroatoms. The Labute approximate surface area is 343 Å². The molecule has 0 bridgehead atoms. The van der Waals surface area contributed by atoms with E-state index < -0.39 is 97.2 Å². The summed E-state index contributed by atoms with van der Waals surface area (Å²) in [5.41, 5.74) is 0. The molecule has 0 radical (unpaired) electrons. The lowest BCUT2D eigenvalue weighted by Crippen LogP contribution is -2.49. The number of carbonyl (C=O) groups is 7. The first-order chi connectivity index (χ1) is 27.0. The van der Waals surface area contributed by atoms with Gasteiger partial charge in [0, 0.05) is 63.2 Å². The standard InChI is InChI=1S/C40H72N6O12/c1-22(2)10-27-12-37(52)46-32(25(7)8)17-39(54)45-30(14-36(51)43-28(11-23(3)4)15-40(55)56)19-58-21-34(49)33(48)20-57-18-29(13-35(50)42-27)44-38(53)16-31(24(5)6)41-26(9)47/h22-25,27-34,48-49H,10-21H2,1-9H3,(H,41,47)(H,42,50)(H,43,51)(H,44,53)(H,45,54)(H,46,52)(H,55,56)/t27-,28+,29+,30+,31+,32+,33?,34?/m0/s1. The molecule has 0 aromatic rings. The van der Waals surface area contributed by atoms with Gasteiger partial charge >= 0.3 is 5.97 Å². The van der Waals surface area contributed by atoms with Gasteiger partial charge in [-0.2, -0.15) is 0 Å². The van der Waals surface area contributed by atoms with Crippen LogP contribution in [-0.4, -0.2) is 132 Å². The zero-order valence-electron chi connectivity index (χ0n) is 35.9. The van der Waals surface area contributed by atoms with Gasteiger partial charge in [0.05, 0.1) is 44.9 Å². The maximum Gasteiger partial charge on any atom is 0.305 e. The summed E-state index contributed by atoms with van der Waals surface area (Å²) in [4.78, 5) is 89.7. The topological polar surface area (TPSA) is 271 Å². The maximum atomic E-state index is 13.4. The van der Waals surface area contributed by atoms with Crippen molar-refractivity contribution in [1.29, 1.82) is 0 Å². The lowest BCUT2D eigenvalue weighted by molar-refractivity contribution is -0.138. The van der Waals surface area contributed by atoms with Crippen LogP contribution in [0.4, 0.5) is 0 Å². The Morgan fingerprint density at radius 2 is 1.28 bits per heavy atom. The van der Waals surface area contributed by atoms with Crippen LogP contribution in [0, 0.1) is 23.7 Å². The first-order valence-corrected chi connectivity index (χ1v) is 20.5. The number of amides is 6. The van der Waals surface area contributed by atoms with E-state index in [0.29, 0.717) is 12.8 Å². The van der Waals surface area contributed by atoms with Gasteiger partial charge in [0.15, 0.2) is 0 Å². The van der Waals surface area contributed by atoms with Crippen molar-refractivity contribution < 1.29 is 58.4 Å². The Morgan fingerprint density at radius 3 is 1.81 bits per heavy atom. The molecular weight excluding hydrogens is 756 g/mol. The van der Waals surface area contributed by atoms with Gasteiger partial charge in [0.2, 0.25) is 35.4 Å². The molecule has 1 rings (SSSR count). The molecule has 0 aromatic heterocycles. The van der Waals surface area contributed by atoms with Gasteiger partial charge in [-0.25, -0.2) is 0 Å². The van der Waals surface area contributed by atoms with Crippen LogP contribution >= 0.6 is 0 Å². The van der Waals surface area contributed by atoms with Crippen LogP contribution in [0.5, 0.6) is 0 Å². The predicted molar refractivity (Wildman–Crippen MR) is 215 cm³/mol. The fourth-order valence-corrected chi connectivity index (χ4v) is 6.57. The van der Waals surface area contributed by atoms with Gasteiger partial charge in [0.1, 0.15) is 12.2 Å². The number of carbonyl (C=O) groups excluding carboxylic acids is 6. The maximum absolute atomic E-state index is 13.4. The van der Waals surface area contributed by atoms with Crippen LogP contribution in [0.3, 0.4) is 0 Å². The fraction of sp³-hybridized carbons (Fsp3) is 0.825. The Balaban J connectivity index is 3.36. The van der Waals surface area contributed by atoms with E-state index in [0.717, 1.165) is 0 Å². The van der Waals surface area contributed by atoms with Crippen LogP contribution < -0.4 is 31.9 Å². The van der Waals surface area contributed by atoms with E-state index >= 15 is 0 Å². The molecule has 0 aromatic carbocycles. The highest BCUT2D eigenvalue weighted by molar-refractivity contribution is 5.83. The monoisotopic (exact) mass is 829 g/mol. The van der Waals surface area contributed by atoms with E-state index in [-0.39, 0.29) is 81.3 Å². The quantitative estimate of drug-likeness (QED) is 0.109. The fourth-order valence-electron chi connectivity index (χ4n) is 6.57. The van der Waals surface area contributed by atoms with Crippen molar-refractivity contribution in [3.05, 3.63) is 0 Å². The number of aliphatic hydroxyl groups is 2. The van der Waals surface area contributed by atoms with E-state index in [4.69, 9.17) is 9.47 Å². The van der Waals surface area contributed by atoms with Gasteiger partial charge in [-0.1, -0.05) is 55.4 Å². The van der Waals surface area contributed by atoms with Crippen molar-refractivity contribution in [2.45, 2.75) is 162 Å². The largest absolute Gasteiger partial charge is 0.481 e. The lowest BCUT2D eigenvalue weighted by Gasteiger charge is -2.27. The van der Waals surface area contributed by atoms with Crippen molar-refractivity contribution in [3.63, 3.8) is 0 Å². The van der Waals surface area contributed by atoms with Crippen LogP contribution in [0.2, 0.25) is 0 Å². The zero-order chi connectivity index (χ0) is 44.1. The summed E-state index contributed by atoms with van der Waals surface area (Å²) in [5, 5.41) is 47.6. The van der Waals surface area contributed by atoms with E-state index in [2.05, 4.69) is 31.9 Å². The number of aliphatic carboxylic acids is 1. The molecule has 1 heterocycles. The molecule has 1 aliphatic rings. The van der Waals surface area contributed by atoms with Gasteiger partial charge in [-0.3, -0.25) is 33.6 Å². The van der Waals surface area contributed by atoms with Crippen molar-refractivity contribution in [2.75, 3.05) is 26.4 Å². The molecule has 9 N–H and O–H groups in total. The third-order valence-electron chi connectivity index (χ3n) is 9.50. The highest BCUT2D eigenvalue weighted by atomic mass is 16.5. The van der Waals surface area contributed by atoms with Crippen LogP contribution in [0.25, 0.3) is 0 Å². The molecule has 58 heavy (non-hydrogen) atoms. The van der Waals surface area contributed by atoms with Crippen LogP contribution in [-0.2, 0) is 43.0 Å². The van der Waals surface area contributed by atoms with Gasteiger partial charge in [-0.05, 0) is 36.5 Å². The molecule has 0 aliphatic carbocycles. The smallest absolute Gasteiger partial charge is 0.305 e. The molecule has 1 saturated heterocycles. The second-order valence-corrected chi connectivity index (χ2v) is 17.1. The summed E-state index contributed by atoms with van der Waals surface area (Å²) in [6, 6.07) is -4.14. The summed E-state index contributed by atoms with van der Waals surface area (Å²) in [6.45, 7) is 15.1. The molecule has 0 saturated carbocycles. The minimum absolute atomic E-state index is 0.0674. The second kappa shape index (κ2) is 27.0. The van der Waals surface area contributed by atoms with E-state index in [1.165, 1.54) is 6.92 Å². The molecule has 6 amide bonds. The molecule has 0 spiro atoms. The molecular formula is C40H72N6O12. The number of carboxylic acids is 1. The van der Waals surface area contributed by atoms with E-state index in [1.807, 2.05) is 55.4 Å². The molecule has 18 nitrogen and oxygen atoms in total. The molecule has 1 aliphatic heterocycles. The molecule has 1 fully saturated rings. The summed E-state index contributed by atoms with van der Waals surface area (Å²) in [6.07, 6.45) is -3.20. The molecule has 8 atom stereocenters. The molecule has 2 unspecified atom stereocenters. The average Bonchev–Trinajstić information content (AvgIpc) is 3.05. The van der Waals surface area contributed by atoms with Gasteiger partial charge in [-0.15, -0.1) is 0 Å². The number of ether oxygens (including phenoxy) is 2. The second-order valence-electron chi connectivity index (χ2n) is 17.1. The number of rotatable bonds is 15. The predicted octanol–water partition coefficient (Wildman–Crippen LogP) is 0.513. The first kappa shape index (κ1) is 52.1. The first-order valence-electron chi connectivity index (χ1n) is 20.5. The minimum atomic E-state index is -1.47. The van der Waals surface area contributed by atoms with E-state index in [1.54, 1.807) is 0 Å². The Kier molecular flexibility index (Phi) is 24.3. The summed E-state index contributed by atoms with van der Waals surface area (Å²) in [7, 11) is 0. The Hall–Kier alpha value is -3.87. The van der Waals surface area contributed by atoms with Crippen molar-refractivity contribution >= 4 is 41.4 Å². The lowest BCUT2D eigenvalue weighted by atomic mass is 9.97. The summed E-state index contributed by atoms with van der Waals surface area (Å²) < 4.78 is 11.3. The highest BCUT2D eigenvalue weighted by Crippen LogP contribution is 2.14. The number of carboxylic acid groups (broad SMARTS) is 1. The van der Waals surface area contributed by atoms with Crippen LogP contribution in [0.15, 0.2) is 0 Å². The van der Waals surface area contributed by atoms with Gasteiger partial charge in [0.25, 0.3) is 0 Å². The van der Waals surface area contributed by atoms with E-state index in [9.17, 15) is 48.9 Å². The number of nitrogens with one attached hydrogen (secondary N) is 6. The molecule has 334 valence electrons. The normalized spacial score (nSPS) is 24.8. The number of hydrogen-bond donors (Lipinski definition) is 9. The van der Waals surface area contributed by atoms with Crippen molar-refractivity contribution in [2.24, 2.45) is 23.7 Å². The highest BCUT2D eigenvalue weighted by Gasteiger charge is 2.29. The SMILES string of the molecule is CC(=O)N[C@H](CC(=O)N[C@H]1COCC(O)C(O)COC[C@@H](CC(=O)N[C@@H](CC(=O)O)CC(C)C)NC(=O)C[C@H](C(C)C)NC(=O)C[C@H](CC(C)C)NC(=O)C1)C(C)C. The van der Waals surface area contributed by atoms with Gasteiger partial charge < -0.3 is 56.7 Å². The number of hydrogen-bond acceptors (Lipinski definition) is 11. The summed E-state index contributed by atoms with van der Waals surface area (Å²) in [5.74, 6) is -3.78.